The summed E-state index contributed by atoms with van der Waals surface area (Å²) in [4.78, 5) is 23.6. The fraction of sp³-hybridized carbons (Fsp3) is 0.238. The molecule has 0 spiro atoms. The molecule has 0 fully saturated rings. The molecule has 148 valence electrons. The molecule has 0 aliphatic carbocycles. The summed E-state index contributed by atoms with van der Waals surface area (Å²) < 4.78 is 15.3. The standard InChI is InChI=1S/C21H22ClNO5/c1-26-18-9-5-16(19(13-18)27-2)6-10-21(25)28-14-20(24)23-12-11-15-3-7-17(22)8-4-15/h3-10,13H,11-12,14H2,1-2H3,(H,23,24)/b10-6+. The van der Waals surface area contributed by atoms with Crippen molar-refractivity contribution in [2.75, 3.05) is 27.4 Å². The van der Waals surface area contributed by atoms with E-state index in [4.69, 9.17) is 25.8 Å². The third-order valence-corrected chi connectivity index (χ3v) is 4.09. The number of nitrogens with one attached hydrogen (secondary N) is 1. The number of amides is 1. The van der Waals surface area contributed by atoms with E-state index in [2.05, 4.69) is 5.32 Å². The van der Waals surface area contributed by atoms with Crippen LogP contribution in [0.3, 0.4) is 0 Å². The molecular weight excluding hydrogens is 382 g/mol. The van der Waals surface area contributed by atoms with Gasteiger partial charge in [0, 0.05) is 29.3 Å². The van der Waals surface area contributed by atoms with Crippen molar-refractivity contribution in [2.45, 2.75) is 6.42 Å². The molecule has 1 N–H and O–H groups in total. The minimum atomic E-state index is -0.620. The van der Waals surface area contributed by atoms with Crippen LogP contribution in [-0.4, -0.2) is 39.2 Å². The lowest BCUT2D eigenvalue weighted by Gasteiger charge is -2.07. The highest BCUT2D eigenvalue weighted by Crippen LogP contribution is 2.25. The molecule has 0 heterocycles. The van der Waals surface area contributed by atoms with Crippen LogP contribution in [0.1, 0.15) is 11.1 Å². The van der Waals surface area contributed by atoms with Crippen molar-refractivity contribution in [3.8, 4) is 11.5 Å². The molecule has 0 radical (unpaired) electrons. The maximum Gasteiger partial charge on any atom is 0.331 e. The second-order valence-electron chi connectivity index (χ2n) is 5.78. The van der Waals surface area contributed by atoms with E-state index in [0.29, 0.717) is 35.1 Å². The number of halogens is 1. The average Bonchev–Trinajstić information content (AvgIpc) is 2.72. The number of hydrogen-bond donors (Lipinski definition) is 1. The summed E-state index contributed by atoms with van der Waals surface area (Å²) in [5.74, 6) is 0.221. The number of methoxy groups -OCH3 is 2. The van der Waals surface area contributed by atoms with Gasteiger partial charge in [0.25, 0.3) is 5.91 Å². The van der Waals surface area contributed by atoms with Crippen LogP contribution in [0.5, 0.6) is 11.5 Å². The Labute approximate surface area is 169 Å². The maximum atomic E-state index is 11.8. The molecule has 1 amide bonds. The van der Waals surface area contributed by atoms with Crippen LogP contribution in [0, 0.1) is 0 Å². The maximum absolute atomic E-state index is 11.8. The monoisotopic (exact) mass is 403 g/mol. The molecule has 0 saturated carbocycles. The van der Waals surface area contributed by atoms with Crippen LogP contribution in [0.15, 0.2) is 48.5 Å². The number of carbonyl (C=O) groups is 2. The summed E-state index contributed by atoms with van der Waals surface area (Å²) in [5, 5.41) is 3.37. The minimum absolute atomic E-state index is 0.344. The van der Waals surface area contributed by atoms with Crippen molar-refractivity contribution in [2.24, 2.45) is 0 Å². The first-order valence-corrected chi connectivity index (χ1v) is 8.97. The van der Waals surface area contributed by atoms with Gasteiger partial charge in [0.05, 0.1) is 14.2 Å². The van der Waals surface area contributed by atoms with Gasteiger partial charge in [-0.05, 0) is 42.3 Å². The third kappa shape index (κ3) is 6.96. The van der Waals surface area contributed by atoms with E-state index in [9.17, 15) is 9.59 Å². The highest BCUT2D eigenvalue weighted by Gasteiger charge is 2.06. The highest BCUT2D eigenvalue weighted by molar-refractivity contribution is 6.30. The normalized spacial score (nSPS) is 10.5. The van der Waals surface area contributed by atoms with E-state index in [1.807, 2.05) is 12.1 Å². The summed E-state index contributed by atoms with van der Waals surface area (Å²) in [7, 11) is 3.08. The summed E-state index contributed by atoms with van der Waals surface area (Å²) in [5.41, 5.74) is 1.74. The SMILES string of the molecule is COc1ccc(/C=C/C(=O)OCC(=O)NCCc2ccc(Cl)cc2)c(OC)c1. The summed E-state index contributed by atoms with van der Waals surface area (Å²) in [6.45, 7) is 0.0977. The lowest BCUT2D eigenvalue weighted by Crippen LogP contribution is -2.30. The van der Waals surface area contributed by atoms with Gasteiger partial charge in [0.1, 0.15) is 11.5 Å². The lowest BCUT2D eigenvalue weighted by molar-refractivity contribution is -0.143. The summed E-state index contributed by atoms with van der Waals surface area (Å²) in [6, 6.07) is 12.6. The molecule has 0 aliphatic heterocycles. The van der Waals surface area contributed by atoms with Gasteiger partial charge in [-0.1, -0.05) is 23.7 Å². The molecule has 0 atom stereocenters. The lowest BCUT2D eigenvalue weighted by atomic mass is 10.1. The van der Waals surface area contributed by atoms with Crippen molar-refractivity contribution in [1.82, 2.24) is 5.32 Å². The van der Waals surface area contributed by atoms with E-state index in [0.717, 1.165) is 5.56 Å². The van der Waals surface area contributed by atoms with Crippen molar-refractivity contribution in [1.29, 1.82) is 0 Å². The first-order chi connectivity index (χ1) is 13.5. The zero-order valence-corrected chi connectivity index (χ0v) is 16.5. The summed E-state index contributed by atoms with van der Waals surface area (Å²) >= 11 is 5.83. The van der Waals surface area contributed by atoms with E-state index in [1.165, 1.54) is 13.2 Å². The van der Waals surface area contributed by atoms with E-state index >= 15 is 0 Å². The molecule has 2 aromatic carbocycles. The van der Waals surface area contributed by atoms with Crippen LogP contribution in [-0.2, 0) is 20.7 Å². The van der Waals surface area contributed by atoms with Gasteiger partial charge in [-0.25, -0.2) is 4.79 Å². The predicted molar refractivity (Wildman–Crippen MR) is 108 cm³/mol. The fourth-order valence-corrected chi connectivity index (χ4v) is 2.47. The molecular formula is C21H22ClNO5. The Morgan fingerprint density at radius 2 is 1.82 bits per heavy atom. The molecule has 2 aromatic rings. The number of benzene rings is 2. The van der Waals surface area contributed by atoms with Gasteiger partial charge in [0.15, 0.2) is 6.61 Å². The van der Waals surface area contributed by atoms with Crippen LogP contribution >= 0.6 is 11.6 Å². The Kier molecular flexibility index (Phi) is 8.37. The van der Waals surface area contributed by atoms with Gasteiger partial charge >= 0.3 is 5.97 Å². The Bertz CT molecular complexity index is 833. The Morgan fingerprint density at radius 3 is 2.50 bits per heavy atom. The fourth-order valence-electron chi connectivity index (χ4n) is 2.35. The zero-order chi connectivity index (χ0) is 20.4. The number of rotatable bonds is 9. The molecule has 6 nitrogen and oxygen atoms in total. The first-order valence-electron chi connectivity index (χ1n) is 8.60. The largest absolute Gasteiger partial charge is 0.497 e. The molecule has 0 aromatic heterocycles. The average molecular weight is 404 g/mol. The van der Waals surface area contributed by atoms with Crippen LogP contribution < -0.4 is 14.8 Å². The molecule has 28 heavy (non-hydrogen) atoms. The van der Waals surface area contributed by atoms with Gasteiger partial charge in [-0.15, -0.1) is 0 Å². The molecule has 0 unspecified atom stereocenters. The third-order valence-electron chi connectivity index (χ3n) is 3.83. The van der Waals surface area contributed by atoms with Gasteiger partial charge < -0.3 is 19.5 Å². The number of carbonyl (C=O) groups excluding carboxylic acids is 2. The predicted octanol–water partition coefficient (Wildman–Crippen LogP) is 3.27. The first kappa shape index (κ1) is 21.3. The van der Waals surface area contributed by atoms with E-state index in [1.54, 1.807) is 43.5 Å². The topological polar surface area (TPSA) is 73.9 Å². The van der Waals surface area contributed by atoms with Crippen molar-refractivity contribution >= 4 is 29.6 Å². The Morgan fingerprint density at radius 1 is 1.07 bits per heavy atom. The molecule has 0 aliphatic rings. The van der Waals surface area contributed by atoms with Gasteiger partial charge in [-0.2, -0.15) is 0 Å². The van der Waals surface area contributed by atoms with Crippen LogP contribution in [0.4, 0.5) is 0 Å². The van der Waals surface area contributed by atoms with Crippen LogP contribution in [0.2, 0.25) is 5.02 Å². The van der Waals surface area contributed by atoms with E-state index in [-0.39, 0.29) is 12.5 Å². The summed E-state index contributed by atoms with van der Waals surface area (Å²) in [6.07, 6.45) is 3.46. The van der Waals surface area contributed by atoms with Crippen molar-refractivity contribution < 1.29 is 23.8 Å². The van der Waals surface area contributed by atoms with Crippen molar-refractivity contribution in [3.05, 3.63) is 64.7 Å². The molecule has 0 bridgehead atoms. The smallest absolute Gasteiger partial charge is 0.331 e. The molecule has 0 saturated heterocycles. The quantitative estimate of drug-likeness (QED) is 0.513. The molecule has 7 heteroatoms. The second-order valence-corrected chi connectivity index (χ2v) is 6.21. The second kappa shape index (κ2) is 11.0. The Balaban J connectivity index is 1.74. The number of hydrogen-bond acceptors (Lipinski definition) is 5. The van der Waals surface area contributed by atoms with Gasteiger partial charge in [0.2, 0.25) is 0 Å². The van der Waals surface area contributed by atoms with Crippen LogP contribution in [0.25, 0.3) is 6.08 Å². The minimum Gasteiger partial charge on any atom is -0.497 e. The highest BCUT2D eigenvalue weighted by atomic mass is 35.5. The number of ether oxygens (including phenoxy) is 3. The molecule has 2 rings (SSSR count). The zero-order valence-electron chi connectivity index (χ0n) is 15.7. The van der Waals surface area contributed by atoms with Crippen molar-refractivity contribution in [3.63, 3.8) is 0 Å². The van der Waals surface area contributed by atoms with Gasteiger partial charge in [-0.3, -0.25) is 4.79 Å². The van der Waals surface area contributed by atoms with E-state index < -0.39 is 5.97 Å². The Hall–Kier alpha value is -2.99. The number of esters is 1.